The summed E-state index contributed by atoms with van der Waals surface area (Å²) in [6, 6.07) is 15.3. The van der Waals surface area contributed by atoms with E-state index in [0.717, 1.165) is 22.5 Å². The predicted molar refractivity (Wildman–Crippen MR) is 110 cm³/mol. The molecule has 29 heavy (non-hydrogen) atoms. The Morgan fingerprint density at radius 2 is 1.83 bits per heavy atom. The van der Waals surface area contributed by atoms with Crippen LogP contribution in [0, 0.1) is 19.3 Å². The minimum Gasteiger partial charge on any atom is -0.310 e. The van der Waals surface area contributed by atoms with Crippen LogP contribution in [-0.2, 0) is 15.0 Å². The highest BCUT2D eigenvalue weighted by Crippen LogP contribution is 2.52. The van der Waals surface area contributed by atoms with Crippen molar-refractivity contribution in [2.24, 2.45) is 0 Å². The lowest BCUT2D eigenvalue weighted by atomic mass is 9.72. The lowest BCUT2D eigenvalue weighted by Crippen LogP contribution is -2.46. The van der Waals surface area contributed by atoms with Crippen molar-refractivity contribution in [3.05, 3.63) is 71.4 Å². The van der Waals surface area contributed by atoms with Gasteiger partial charge >= 0.3 is 0 Å². The zero-order chi connectivity index (χ0) is 20.2. The molecule has 2 aromatic carbocycles. The average molecular weight is 382 g/mol. The van der Waals surface area contributed by atoms with Gasteiger partial charge in [0.2, 0.25) is 11.8 Å². The molecule has 6 nitrogen and oxygen atoms in total. The highest BCUT2D eigenvalue weighted by Gasteiger charge is 2.56. The van der Waals surface area contributed by atoms with E-state index in [9.17, 15) is 9.59 Å². The van der Waals surface area contributed by atoms with Crippen LogP contribution >= 0.6 is 0 Å². The van der Waals surface area contributed by atoms with Crippen molar-refractivity contribution in [2.75, 3.05) is 16.8 Å². The van der Waals surface area contributed by atoms with Gasteiger partial charge in [-0.25, -0.2) is 4.68 Å². The number of aromatic nitrogens is 2. The lowest BCUT2D eigenvalue weighted by Gasteiger charge is -2.32. The van der Waals surface area contributed by atoms with Crippen LogP contribution in [0.2, 0.25) is 0 Å². The van der Waals surface area contributed by atoms with E-state index >= 15 is 0 Å². The zero-order valence-corrected chi connectivity index (χ0v) is 15.8. The number of amides is 2. The topological polar surface area (TPSA) is 67.2 Å². The molecule has 5 rings (SSSR count). The maximum absolute atomic E-state index is 13.7. The normalized spacial score (nSPS) is 19.7. The molecule has 2 amide bonds. The van der Waals surface area contributed by atoms with Crippen molar-refractivity contribution in [1.29, 1.82) is 0 Å². The van der Waals surface area contributed by atoms with E-state index < -0.39 is 5.41 Å². The number of benzene rings is 2. The number of rotatable bonds is 2. The molecule has 0 bridgehead atoms. The average Bonchev–Trinajstić information content (AvgIpc) is 3.23. The van der Waals surface area contributed by atoms with Crippen LogP contribution in [0.5, 0.6) is 0 Å². The smallest absolute Gasteiger partial charge is 0.243 e. The van der Waals surface area contributed by atoms with E-state index in [1.807, 2.05) is 55.5 Å². The number of anilines is 2. The fraction of sp³-hybridized carbons (Fsp3) is 0.174. The molecule has 142 valence electrons. The van der Waals surface area contributed by atoms with E-state index in [4.69, 9.17) is 6.42 Å². The maximum Gasteiger partial charge on any atom is 0.243 e. The molecule has 1 atom stereocenters. The summed E-state index contributed by atoms with van der Waals surface area (Å²) >= 11 is 0. The quantitative estimate of drug-likeness (QED) is 0.693. The van der Waals surface area contributed by atoms with Crippen molar-refractivity contribution >= 4 is 23.3 Å². The second-order valence-electron chi connectivity index (χ2n) is 7.35. The largest absolute Gasteiger partial charge is 0.310 e. The van der Waals surface area contributed by atoms with Gasteiger partial charge in [0.25, 0.3) is 0 Å². The molecule has 1 aromatic heterocycles. The van der Waals surface area contributed by atoms with Gasteiger partial charge in [0, 0.05) is 17.7 Å². The van der Waals surface area contributed by atoms with Crippen LogP contribution in [-0.4, -0.2) is 28.1 Å². The van der Waals surface area contributed by atoms with Gasteiger partial charge < -0.3 is 5.32 Å². The van der Waals surface area contributed by atoms with Gasteiger partial charge in [-0.05, 0) is 30.2 Å². The minimum absolute atomic E-state index is 0.0242. The molecule has 3 aromatic rings. The Kier molecular flexibility index (Phi) is 3.62. The second kappa shape index (κ2) is 6.08. The van der Waals surface area contributed by atoms with E-state index in [-0.39, 0.29) is 24.8 Å². The SMILES string of the molecule is C#CCN1C(=O)C2(CC(=O)Nc3c2cnn3-c2ccccc2C)c2ccccc21. The molecule has 2 aliphatic heterocycles. The summed E-state index contributed by atoms with van der Waals surface area (Å²) in [5.41, 5.74) is 2.98. The molecule has 0 saturated heterocycles. The fourth-order valence-electron chi connectivity index (χ4n) is 4.48. The molecule has 1 spiro atoms. The summed E-state index contributed by atoms with van der Waals surface area (Å²) in [6.45, 7) is 2.13. The van der Waals surface area contributed by atoms with Crippen LogP contribution in [0.1, 0.15) is 23.1 Å². The Morgan fingerprint density at radius 3 is 2.59 bits per heavy atom. The number of carbonyl (C=O) groups excluding carboxylic acids is 2. The molecule has 6 heteroatoms. The molecule has 0 saturated carbocycles. The number of hydrogen-bond donors (Lipinski definition) is 1. The minimum atomic E-state index is -1.12. The third kappa shape index (κ3) is 2.21. The molecule has 0 fully saturated rings. The molecular weight excluding hydrogens is 364 g/mol. The number of fused-ring (bicyclic) bond motifs is 4. The van der Waals surface area contributed by atoms with Gasteiger partial charge in [-0.2, -0.15) is 5.10 Å². The summed E-state index contributed by atoms with van der Waals surface area (Å²) in [5, 5.41) is 7.49. The Bertz CT molecular complexity index is 1220. The molecular formula is C23H18N4O2. The van der Waals surface area contributed by atoms with Gasteiger partial charge in [-0.15, -0.1) is 6.42 Å². The Morgan fingerprint density at radius 1 is 1.10 bits per heavy atom. The highest BCUT2D eigenvalue weighted by atomic mass is 16.2. The summed E-state index contributed by atoms with van der Waals surface area (Å²) < 4.78 is 1.70. The molecule has 1 N–H and O–H groups in total. The first kappa shape index (κ1) is 17.3. The van der Waals surface area contributed by atoms with Crippen LogP contribution in [0.25, 0.3) is 5.69 Å². The van der Waals surface area contributed by atoms with E-state index in [2.05, 4.69) is 16.3 Å². The number of nitrogens with zero attached hydrogens (tertiary/aromatic N) is 3. The van der Waals surface area contributed by atoms with E-state index in [1.165, 1.54) is 0 Å². The van der Waals surface area contributed by atoms with E-state index in [0.29, 0.717) is 11.4 Å². The number of hydrogen-bond acceptors (Lipinski definition) is 3. The molecule has 1 unspecified atom stereocenters. The number of aryl methyl sites for hydroxylation is 1. The first-order valence-electron chi connectivity index (χ1n) is 9.37. The lowest BCUT2D eigenvalue weighted by molar-refractivity contribution is -0.126. The van der Waals surface area contributed by atoms with E-state index in [1.54, 1.807) is 15.8 Å². The Balaban J connectivity index is 1.78. The maximum atomic E-state index is 13.7. The summed E-state index contributed by atoms with van der Waals surface area (Å²) in [7, 11) is 0. The fourth-order valence-corrected chi connectivity index (χ4v) is 4.48. The molecule has 0 radical (unpaired) electrons. The monoisotopic (exact) mass is 382 g/mol. The third-order valence-corrected chi connectivity index (χ3v) is 5.77. The summed E-state index contributed by atoms with van der Waals surface area (Å²) in [4.78, 5) is 28.1. The first-order valence-corrected chi connectivity index (χ1v) is 9.37. The van der Waals surface area contributed by atoms with Crippen LogP contribution in [0.4, 0.5) is 11.5 Å². The van der Waals surface area contributed by atoms with Gasteiger partial charge in [-0.1, -0.05) is 42.3 Å². The van der Waals surface area contributed by atoms with Gasteiger partial charge in [-0.3, -0.25) is 14.5 Å². The highest BCUT2D eigenvalue weighted by molar-refractivity contribution is 6.16. The molecule has 2 aliphatic rings. The van der Waals surface area contributed by atoms with Crippen molar-refractivity contribution in [3.63, 3.8) is 0 Å². The molecule has 0 aliphatic carbocycles. The Labute approximate surface area is 168 Å². The third-order valence-electron chi connectivity index (χ3n) is 5.77. The van der Waals surface area contributed by atoms with Gasteiger partial charge in [0.15, 0.2) is 0 Å². The van der Waals surface area contributed by atoms with Crippen LogP contribution < -0.4 is 10.2 Å². The van der Waals surface area contributed by atoms with Crippen molar-refractivity contribution < 1.29 is 9.59 Å². The number of terminal acetylenes is 1. The molecule has 3 heterocycles. The standard InChI is InChI=1S/C23H18N4O2/c1-3-12-26-19-11-7-5-9-16(19)23(22(26)29)13-20(28)25-21-17(23)14-24-27(21)18-10-6-4-8-15(18)2/h1,4-11,14H,12-13H2,2H3,(H,25,28). The number of carbonyl (C=O) groups is 2. The summed E-state index contributed by atoms with van der Waals surface area (Å²) in [5.74, 6) is 2.68. The van der Waals surface area contributed by atoms with Gasteiger partial charge in [0.1, 0.15) is 11.2 Å². The first-order chi connectivity index (χ1) is 14.1. The summed E-state index contributed by atoms with van der Waals surface area (Å²) in [6.07, 6.45) is 7.24. The van der Waals surface area contributed by atoms with Gasteiger partial charge in [0.05, 0.1) is 18.4 Å². The Hall–Kier alpha value is -3.85. The predicted octanol–water partition coefficient (Wildman–Crippen LogP) is 2.79. The number of nitrogens with one attached hydrogen (secondary N) is 1. The van der Waals surface area contributed by atoms with Crippen LogP contribution in [0.3, 0.4) is 0 Å². The van der Waals surface area contributed by atoms with Crippen molar-refractivity contribution in [1.82, 2.24) is 9.78 Å². The van der Waals surface area contributed by atoms with Crippen LogP contribution in [0.15, 0.2) is 54.7 Å². The second-order valence-corrected chi connectivity index (χ2v) is 7.35. The van der Waals surface area contributed by atoms with Crippen molar-refractivity contribution in [2.45, 2.75) is 18.8 Å². The zero-order valence-electron chi connectivity index (χ0n) is 15.8. The van der Waals surface area contributed by atoms with Crippen molar-refractivity contribution in [3.8, 4) is 18.0 Å². The number of para-hydroxylation sites is 2.